The smallest absolute Gasteiger partial charge is 0.357 e. The van der Waals surface area contributed by atoms with Gasteiger partial charge in [0.25, 0.3) is 0 Å². The highest BCUT2D eigenvalue weighted by Gasteiger charge is 2.33. The minimum absolute atomic E-state index is 0.0147. The van der Waals surface area contributed by atoms with Gasteiger partial charge in [0.1, 0.15) is 6.54 Å². The molecule has 1 aromatic carbocycles. The van der Waals surface area contributed by atoms with E-state index in [0.29, 0.717) is 37.0 Å². The molecule has 0 bridgehead atoms. The third kappa shape index (κ3) is 5.71. The second-order valence-electron chi connectivity index (χ2n) is 6.77. The molecule has 1 amide bonds. The molecule has 0 saturated heterocycles. The summed E-state index contributed by atoms with van der Waals surface area (Å²) in [4.78, 5) is 22.4. The summed E-state index contributed by atoms with van der Waals surface area (Å²) in [5.74, 6) is 0.359. The topological polar surface area (TPSA) is 69.6 Å². The Morgan fingerprint density at radius 1 is 1.30 bits per heavy atom. The Labute approximate surface area is 177 Å². The van der Waals surface area contributed by atoms with E-state index in [9.17, 15) is 18.0 Å². The van der Waals surface area contributed by atoms with Crippen molar-refractivity contribution in [2.75, 3.05) is 31.1 Å². The molecule has 0 spiro atoms. The molecule has 0 aliphatic carbocycles. The van der Waals surface area contributed by atoms with E-state index in [1.807, 2.05) is 31.2 Å². The predicted octanol–water partition coefficient (Wildman–Crippen LogP) is 3.24. The molecule has 1 aliphatic rings. The fourth-order valence-corrected chi connectivity index (χ4v) is 4.02. The highest BCUT2D eigenvalue weighted by Crippen LogP contribution is 2.30. The van der Waals surface area contributed by atoms with Crippen LogP contribution in [0.15, 0.2) is 34.6 Å². The van der Waals surface area contributed by atoms with Crippen molar-refractivity contribution in [1.82, 2.24) is 15.6 Å². The Kier molecular flexibility index (Phi) is 7.30. The van der Waals surface area contributed by atoms with E-state index in [1.54, 1.807) is 4.90 Å². The summed E-state index contributed by atoms with van der Waals surface area (Å²) < 4.78 is 37.9. The standard InChI is InChI=1S/C20H24F3N5OS/c1-2-24-19(25-10-9-17-27-16(13-30-17)20(21,22)23)26-12-18(29)28-11-5-7-14-6-3-4-8-15(14)28/h3-4,6,8,13H,2,5,7,9-12H2,1H3,(H2,24,25,26). The van der Waals surface area contributed by atoms with Crippen LogP contribution < -0.4 is 15.5 Å². The number of para-hydroxylation sites is 1. The molecule has 2 N–H and O–H groups in total. The van der Waals surface area contributed by atoms with Gasteiger partial charge in [0, 0.05) is 37.1 Å². The number of nitrogens with zero attached hydrogens (tertiary/aromatic N) is 3. The second kappa shape index (κ2) is 9.92. The van der Waals surface area contributed by atoms with Crippen molar-refractivity contribution < 1.29 is 18.0 Å². The molecule has 2 heterocycles. The number of guanidine groups is 1. The van der Waals surface area contributed by atoms with Crippen molar-refractivity contribution in [1.29, 1.82) is 0 Å². The number of aryl methyl sites for hydroxylation is 1. The van der Waals surface area contributed by atoms with Crippen LogP contribution in [0.1, 0.15) is 29.6 Å². The second-order valence-corrected chi connectivity index (χ2v) is 7.72. The normalized spacial score (nSPS) is 14.4. The van der Waals surface area contributed by atoms with E-state index >= 15 is 0 Å². The third-order valence-electron chi connectivity index (χ3n) is 4.60. The van der Waals surface area contributed by atoms with Gasteiger partial charge in [-0.25, -0.2) is 9.98 Å². The van der Waals surface area contributed by atoms with Crippen LogP contribution in [0.25, 0.3) is 0 Å². The average Bonchev–Trinajstić information content (AvgIpc) is 3.21. The monoisotopic (exact) mass is 439 g/mol. The first-order valence-electron chi connectivity index (χ1n) is 9.80. The van der Waals surface area contributed by atoms with E-state index < -0.39 is 11.9 Å². The highest BCUT2D eigenvalue weighted by molar-refractivity contribution is 7.09. The summed E-state index contributed by atoms with van der Waals surface area (Å²) in [5, 5.41) is 7.51. The number of anilines is 1. The lowest BCUT2D eigenvalue weighted by atomic mass is 10.0. The summed E-state index contributed by atoms with van der Waals surface area (Å²) in [6, 6.07) is 7.87. The number of halogens is 3. The largest absolute Gasteiger partial charge is 0.434 e. The molecule has 0 saturated carbocycles. The van der Waals surface area contributed by atoms with Crippen molar-refractivity contribution in [2.45, 2.75) is 32.4 Å². The quantitative estimate of drug-likeness (QED) is 0.536. The van der Waals surface area contributed by atoms with Gasteiger partial charge in [-0.3, -0.25) is 4.79 Å². The summed E-state index contributed by atoms with van der Waals surface area (Å²) in [7, 11) is 0. The maximum Gasteiger partial charge on any atom is 0.434 e. The molecule has 1 aromatic heterocycles. The maximum absolute atomic E-state index is 12.7. The molecule has 1 aliphatic heterocycles. The van der Waals surface area contributed by atoms with Gasteiger partial charge >= 0.3 is 6.18 Å². The van der Waals surface area contributed by atoms with Crippen LogP contribution in [0.2, 0.25) is 0 Å². The lowest BCUT2D eigenvalue weighted by Gasteiger charge is -2.29. The van der Waals surface area contributed by atoms with Crippen LogP contribution in [0, 0.1) is 0 Å². The number of hydrogen-bond acceptors (Lipinski definition) is 4. The number of amides is 1. The van der Waals surface area contributed by atoms with Gasteiger partial charge in [-0.15, -0.1) is 11.3 Å². The molecule has 30 heavy (non-hydrogen) atoms. The maximum atomic E-state index is 12.7. The highest BCUT2D eigenvalue weighted by atomic mass is 32.1. The van der Waals surface area contributed by atoms with E-state index in [0.717, 1.165) is 40.8 Å². The van der Waals surface area contributed by atoms with E-state index in [2.05, 4.69) is 20.6 Å². The van der Waals surface area contributed by atoms with Gasteiger partial charge < -0.3 is 15.5 Å². The number of alkyl halides is 3. The summed E-state index contributed by atoms with van der Waals surface area (Å²) >= 11 is 0.980. The van der Waals surface area contributed by atoms with Crippen LogP contribution >= 0.6 is 11.3 Å². The number of carbonyl (C=O) groups excluding carboxylic acids is 1. The average molecular weight is 440 g/mol. The minimum Gasteiger partial charge on any atom is -0.357 e. The summed E-state index contributed by atoms with van der Waals surface area (Å²) in [5.41, 5.74) is 1.23. The number of thiazole rings is 1. The predicted molar refractivity (Wildman–Crippen MR) is 112 cm³/mol. The van der Waals surface area contributed by atoms with Gasteiger partial charge in [0.05, 0.1) is 5.01 Å². The molecule has 3 rings (SSSR count). The van der Waals surface area contributed by atoms with Crippen molar-refractivity contribution in [3.05, 3.63) is 45.9 Å². The van der Waals surface area contributed by atoms with Gasteiger partial charge in [-0.2, -0.15) is 13.2 Å². The number of fused-ring (bicyclic) bond motifs is 1. The molecule has 0 unspecified atom stereocenters. The third-order valence-corrected chi connectivity index (χ3v) is 5.51. The molecular weight excluding hydrogens is 415 g/mol. The van der Waals surface area contributed by atoms with Crippen molar-refractivity contribution >= 4 is 28.9 Å². The van der Waals surface area contributed by atoms with Crippen LogP contribution in [-0.4, -0.2) is 43.0 Å². The van der Waals surface area contributed by atoms with Crippen molar-refractivity contribution in [3.8, 4) is 0 Å². The van der Waals surface area contributed by atoms with Crippen LogP contribution in [0.5, 0.6) is 0 Å². The Balaban J connectivity index is 1.56. The first-order chi connectivity index (χ1) is 14.4. The number of nitrogens with one attached hydrogen (secondary N) is 2. The Bertz CT molecular complexity index is 897. The minimum atomic E-state index is -4.42. The van der Waals surface area contributed by atoms with Gasteiger partial charge in [0.2, 0.25) is 5.91 Å². The Morgan fingerprint density at radius 3 is 2.83 bits per heavy atom. The van der Waals surface area contributed by atoms with Crippen molar-refractivity contribution in [2.24, 2.45) is 4.99 Å². The molecule has 162 valence electrons. The Hall–Kier alpha value is -2.62. The van der Waals surface area contributed by atoms with Crippen LogP contribution in [0.4, 0.5) is 18.9 Å². The van der Waals surface area contributed by atoms with Gasteiger partial charge in [-0.1, -0.05) is 18.2 Å². The zero-order valence-electron chi connectivity index (χ0n) is 16.6. The fourth-order valence-electron chi connectivity index (χ4n) is 3.21. The Morgan fingerprint density at radius 2 is 2.10 bits per heavy atom. The summed E-state index contributed by atoms with van der Waals surface area (Å²) in [6.45, 7) is 3.51. The molecule has 0 fully saturated rings. The number of hydrogen-bond donors (Lipinski definition) is 2. The lowest BCUT2D eigenvalue weighted by Crippen LogP contribution is -2.41. The van der Waals surface area contributed by atoms with E-state index in [1.165, 1.54) is 0 Å². The molecule has 0 atom stereocenters. The first kappa shape index (κ1) is 22.1. The number of benzene rings is 1. The first-order valence-corrected chi connectivity index (χ1v) is 10.7. The van der Waals surface area contributed by atoms with Gasteiger partial charge in [0.15, 0.2) is 11.7 Å². The molecule has 10 heteroatoms. The molecule has 0 radical (unpaired) electrons. The number of carbonyl (C=O) groups is 1. The van der Waals surface area contributed by atoms with E-state index in [4.69, 9.17) is 0 Å². The number of aliphatic imine (C=N–C) groups is 1. The zero-order chi connectivity index (χ0) is 21.6. The molecule has 6 nitrogen and oxygen atoms in total. The molecular formula is C20H24F3N5OS. The van der Waals surface area contributed by atoms with E-state index in [-0.39, 0.29) is 12.5 Å². The van der Waals surface area contributed by atoms with Crippen LogP contribution in [-0.2, 0) is 23.8 Å². The number of aromatic nitrogens is 1. The summed E-state index contributed by atoms with van der Waals surface area (Å²) in [6.07, 6.45) is -2.22. The van der Waals surface area contributed by atoms with Gasteiger partial charge in [-0.05, 0) is 31.4 Å². The molecule has 2 aromatic rings. The SMILES string of the molecule is CCNC(=NCC(=O)N1CCCc2ccccc21)NCCc1nc(C(F)(F)F)cs1. The zero-order valence-corrected chi connectivity index (χ0v) is 17.4. The number of rotatable bonds is 6. The lowest BCUT2D eigenvalue weighted by molar-refractivity contribution is -0.140. The van der Waals surface area contributed by atoms with Crippen LogP contribution in [0.3, 0.4) is 0 Å². The van der Waals surface area contributed by atoms with Crippen molar-refractivity contribution in [3.63, 3.8) is 0 Å². The fraction of sp³-hybridized carbons (Fsp3) is 0.450.